The maximum atomic E-state index is 13.1. The van der Waals surface area contributed by atoms with Crippen LogP contribution in [0.4, 0.5) is 4.39 Å². The standard InChI is InChI=1S/C27H29FN2O3/c28-22-9-4-18(5-10-22)2-1-3-25-21(14-15-32-25)17-29-23-11-6-19(7-12-23)20-8-13-24-26(16-20)33-27(31)30-24/h4-5,8-10,13-16,19,23,29H,1-3,6-7,11-12,17H2,(H,30,31). The Hall–Kier alpha value is -3.12. The van der Waals surface area contributed by atoms with Gasteiger partial charge in [0, 0.05) is 24.6 Å². The minimum Gasteiger partial charge on any atom is -0.469 e. The van der Waals surface area contributed by atoms with Gasteiger partial charge in [0.15, 0.2) is 5.58 Å². The molecule has 172 valence electrons. The molecule has 5 nitrogen and oxygen atoms in total. The van der Waals surface area contributed by atoms with E-state index in [1.54, 1.807) is 6.26 Å². The fourth-order valence-corrected chi connectivity index (χ4v) is 4.95. The zero-order valence-electron chi connectivity index (χ0n) is 18.6. The van der Waals surface area contributed by atoms with Crippen LogP contribution in [0.5, 0.6) is 0 Å². The van der Waals surface area contributed by atoms with Crippen molar-refractivity contribution in [3.05, 3.63) is 93.6 Å². The number of benzene rings is 2. The summed E-state index contributed by atoms with van der Waals surface area (Å²) in [6, 6.07) is 15.3. The van der Waals surface area contributed by atoms with E-state index in [9.17, 15) is 9.18 Å². The number of fused-ring (bicyclic) bond motifs is 1. The highest BCUT2D eigenvalue weighted by Crippen LogP contribution is 2.34. The van der Waals surface area contributed by atoms with Crippen LogP contribution < -0.4 is 11.1 Å². The molecule has 1 aliphatic rings. The van der Waals surface area contributed by atoms with Crippen LogP contribution in [-0.4, -0.2) is 11.0 Å². The molecule has 0 bridgehead atoms. The highest BCUT2D eigenvalue weighted by molar-refractivity contribution is 5.72. The van der Waals surface area contributed by atoms with E-state index in [4.69, 9.17) is 8.83 Å². The van der Waals surface area contributed by atoms with Gasteiger partial charge in [0.2, 0.25) is 0 Å². The topological polar surface area (TPSA) is 71.2 Å². The number of hydrogen-bond acceptors (Lipinski definition) is 4. The van der Waals surface area contributed by atoms with E-state index in [1.807, 2.05) is 24.3 Å². The van der Waals surface area contributed by atoms with Gasteiger partial charge in [-0.1, -0.05) is 18.2 Å². The Labute approximate surface area is 192 Å². The van der Waals surface area contributed by atoms with E-state index in [2.05, 4.69) is 22.4 Å². The van der Waals surface area contributed by atoms with Gasteiger partial charge >= 0.3 is 5.76 Å². The van der Waals surface area contributed by atoms with Gasteiger partial charge in [-0.25, -0.2) is 9.18 Å². The highest BCUT2D eigenvalue weighted by atomic mass is 19.1. The minimum absolute atomic E-state index is 0.192. The molecule has 0 atom stereocenters. The lowest BCUT2D eigenvalue weighted by Gasteiger charge is -2.29. The molecule has 1 saturated carbocycles. The van der Waals surface area contributed by atoms with Gasteiger partial charge in [-0.15, -0.1) is 0 Å². The second-order valence-corrected chi connectivity index (χ2v) is 9.05. The van der Waals surface area contributed by atoms with Crippen LogP contribution in [0.25, 0.3) is 11.1 Å². The van der Waals surface area contributed by atoms with E-state index < -0.39 is 5.76 Å². The molecule has 33 heavy (non-hydrogen) atoms. The van der Waals surface area contributed by atoms with Crippen molar-refractivity contribution in [1.29, 1.82) is 0 Å². The first-order valence-corrected chi connectivity index (χ1v) is 11.8. The average molecular weight is 449 g/mol. The zero-order chi connectivity index (χ0) is 22.6. The van der Waals surface area contributed by atoms with Gasteiger partial charge in [0.25, 0.3) is 0 Å². The molecule has 0 spiro atoms. The van der Waals surface area contributed by atoms with Crippen molar-refractivity contribution in [2.75, 3.05) is 0 Å². The Balaban J connectivity index is 1.09. The van der Waals surface area contributed by atoms with E-state index in [-0.39, 0.29) is 5.82 Å². The number of H-pyrrole nitrogens is 1. The third-order valence-corrected chi connectivity index (χ3v) is 6.85. The molecule has 0 aliphatic heterocycles. The van der Waals surface area contributed by atoms with Crippen molar-refractivity contribution >= 4 is 11.1 Å². The lowest BCUT2D eigenvalue weighted by Crippen LogP contribution is -2.32. The van der Waals surface area contributed by atoms with Crippen molar-refractivity contribution in [2.24, 2.45) is 0 Å². The van der Waals surface area contributed by atoms with Crippen molar-refractivity contribution in [2.45, 2.75) is 63.5 Å². The first-order valence-electron chi connectivity index (χ1n) is 11.8. The molecular weight excluding hydrogens is 419 g/mol. The van der Waals surface area contributed by atoms with E-state index in [1.165, 1.54) is 23.3 Å². The Morgan fingerprint density at radius 3 is 2.64 bits per heavy atom. The molecule has 1 fully saturated rings. The molecule has 0 radical (unpaired) electrons. The maximum Gasteiger partial charge on any atom is 0.417 e. The fraction of sp³-hybridized carbons (Fsp3) is 0.370. The van der Waals surface area contributed by atoms with Gasteiger partial charge in [-0.2, -0.15) is 0 Å². The van der Waals surface area contributed by atoms with E-state index in [0.717, 1.165) is 68.3 Å². The molecular formula is C27H29FN2O3. The third-order valence-electron chi connectivity index (χ3n) is 6.85. The van der Waals surface area contributed by atoms with Gasteiger partial charge < -0.3 is 14.2 Å². The zero-order valence-corrected chi connectivity index (χ0v) is 18.6. The number of oxazole rings is 1. The molecule has 6 heteroatoms. The van der Waals surface area contributed by atoms with Crippen molar-refractivity contribution in [3.63, 3.8) is 0 Å². The van der Waals surface area contributed by atoms with Gasteiger partial charge in [0.05, 0.1) is 11.8 Å². The van der Waals surface area contributed by atoms with Crippen LogP contribution in [0.2, 0.25) is 0 Å². The van der Waals surface area contributed by atoms with Crippen LogP contribution in [-0.2, 0) is 19.4 Å². The number of halogens is 1. The molecule has 0 amide bonds. The van der Waals surface area contributed by atoms with E-state index in [0.29, 0.717) is 17.5 Å². The minimum atomic E-state index is -0.399. The van der Waals surface area contributed by atoms with E-state index >= 15 is 0 Å². The van der Waals surface area contributed by atoms with Crippen LogP contribution in [0.1, 0.15) is 60.5 Å². The van der Waals surface area contributed by atoms with Crippen LogP contribution >= 0.6 is 0 Å². The summed E-state index contributed by atoms with van der Waals surface area (Å²) in [6.07, 6.45) is 9.03. The summed E-state index contributed by atoms with van der Waals surface area (Å²) in [5.41, 5.74) is 5.03. The first-order chi connectivity index (χ1) is 16.1. The summed E-state index contributed by atoms with van der Waals surface area (Å²) < 4.78 is 24.0. The lowest BCUT2D eigenvalue weighted by atomic mass is 9.81. The van der Waals surface area contributed by atoms with Gasteiger partial charge in [-0.05, 0) is 85.9 Å². The SMILES string of the molecule is O=c1[nH]c2ccc(C3CCC(NCc4ccoc4CCCc4ccc(F)cc4)CC3)cc2o1. The summed E-state index contributed by atoms with van der Waals surface area (Å²) in [7, 11) is 0. The Morgan fingerprint density at radius 2 is 1.82 bits per heavy atom. The average Bonchev–Trinajstić information content (AvgIpc) is 3.44. The molecule has 5 rings (SSSR count). The second kappa shape index (κ2) is 9.79. The van der Waals surface area contributed by atoms with Crippen molar-refractivity contribution in [3.8, 4) is 0 Å². The monoisotopic (exact) mass is 448 g/mol. The first kappa shape index (κ1) is 21.7. The Bertz CT molecular complexity index is 1250. The molecule has 0 unspecified atom stereocenters. The summed E-state index contributed by atoms with van der Waals surface area (Å²) in [6.45, 7) is 0.818. The smallest absolute Gasteiger partial charge is 0.417 e. The van der Waals surface area contributed by atoms with Crippen LogP contribution in [0, 0.1) is 5.82 Å². The summed E-state index contributed by atoms with van der Waals surface area (Å²) in [4.78, 5) is 14.1. The number of aromatic nitrogens is 1. The predicted octanol–water partition coefficient (Wildman–Crippen LogP) is 5.84. The molecule has 2 N–H and O–H groups in total. The number of aromatic amines is 1. The molecule has 2 heterocycles. The number of aryl methyl sites for hydroxylation is 2. The molecule has 0 saturated heterocycles. The van der Waals surface area contributed by atoms with Crippen molar-refractivity contribution in [1.82, 2.24) is 10.3 Å². The van der Waals surface area contributed by atoms with Crippen molar-refractivity contribution < 1.29 is 13.2 Å². The quantitative estimate of drug-likeness (QED) is 0.355. The molecule has 1 aliphatic carbocycles. The Morgan fingerprint density at radius 1 is 1.00 bits per heavy atom. The normalized spacial score (nSPS) is 18.7. The summed E-state index contributed by atoms with van der Waals surface area (Å²) in [5.74, 6) is 0.953. The highest BCUT2D eigenvalue weighted by Gasteiger charge is 2.23. The Kier molecular flexibility index (Phi) is 6.44. The third kappa shape index (κ3) is 5.28. The number of nitrogens with one attached hydrogen (secondary N) is 2. The number of rotatable bonds is 8. The lowest BCUT2D eigenvalue weighted by molar-refractivity contribution is 0.340. The molecule has 4 aromatic rings. The largest absolute Gasteiger partial charge is 0.469 e. The second-order valence-electron chi connectivity index (χ2n) is 9.05. The summed E-state index contributed by atoms with van der Waals surface area (Å²) >= 11 is 0. The van der Waals surface area contributed by atoms with Crippen LogP contribution in [0.15, 0.2) is 68.4 Å². The summed E-state index contributed by atoms with van der Waals surface area (Å²) in [5, 5.41) is 3.72. The van der Waals surface area contributed by atoms with Crippen LogP contribution in [0.3, 0.4) is 0 Å². The maximum absolute atomic E-state index is 13.1. The number of hydrogen-bond donors (Lipinski definition) is 2. The molecule has 2 aromatic heterocycles. The fourth-order valence-electron chi connectivity index (χ4n) is 4.95. The van der Waals surface area contributed by atoms with Gasteiger partial charge in [-0.3, -0.25) is 4.98 Å². The molecule has 2 aromatic carbocycles. The van der Waals surface area contributed by atoms with Gasteiger partial charge in [0.1, 0.15) is 11.6 Å². The predicted molar refractivity (Wildman–Crippen MR) is 126 cm³/mol. The number of furan rings is 1.